The molecule has 122 valence electrons. The van der Waals surface area contributed by atoms with Gasteiger partial charge in [0, 0.05) is 6.07 Å². The number of nitrogens with zero attached hydrogens (tertiary/aromatic N) is 3. The van der Waals surface area contributed by atoms with Crippen molar-refractivity contribution in [1.82, 2.24) is 14.8 Å². The van der Waals surface area contributed by atoms with Crippen LogP contribution in [0.5, 0.6) is 11.5 Å². The first kappa shape index (κ1) is 15.7. The first-order chi connectivity index (χ1) is 11.6. The van der Waals surface area contributed by atoms with Gasteiger partial charge in [0.25, 0.3) is 0 Å². The van der Waals surface area contributed by atoms with Gasteiger partial charge in [-0.3, -0.25) is 4.79 Å². The highest BCUT2D eigenvalue weighted by Gasteiger charge is 2.18. The second kappa shape index (κ2) is 6.91. The first-order valence-electron chi connectivity index (χ1n) is 7.31. The van der Waals surface area contributed by atoms with Gasteiger partial charge in [0.1, 0.15) is 30.3 Å². The van der Waals surface area contributed by atoms with Gasteiger partial charge in [-0.05, 0) is 31.2 Å². The van der Waals surface area contributed by atoms with Crippen molar-refractivity contribution in [2.75, 3.05) is 5.32 Å². The van der Waals surface area contributed by atoms with Crippen LogP contribution in [0.4, 0.5) is 10.1 Å². The van der Waals surface area contributed by atoms with Gasteiger partial charge in [-0.25, -0.2) is 14.1 Å². The fourth-order valence-electron chi connectivity index (χ4n) is 2.08. The van der Waals surface area contributed by atoms with E-state index in [0.29, 0.717) is 11.5 Å². The zero-order chi connectivity index (χ0) is 16.9. The Balaban J connectivity index is 1.81. The van der Waals surface area contributed by atoms with Crippen molar-refractivity contribution in [3.8, 4) is 11.5 Å². The van der Waals surface area contributed by atoms with Crippen LogP contribution < -0.4 is 10.1 Å². The Kier molecular flexibility index (Phi) is 4.51. The van der Waals surface area contributed by atoms with Crippen LogP contribution >= 0.6 is 0 Å². The van der Waals surface area contributed by atoms with Crippen LogP contribution in [0.3, 0.4) is 0 Å². The Bertz CT molecular complexity index is 822. The molecule has 0 aliphatic heterocycles. The van der Waals surface area contributed by atoms with Crippen LogP contribution in [-0.4, -0.2) is 20.7 Å². The second-order valence-electron chi connectivity index (χ2n) is 5.10. The number of aromatic nitrogens is 3. The van der Waals surface area contributed by atoms with Gasteiger partial charge < -0.3 is 10.1 Å². The number of carbonyl (C=O) groups excluding carboxylic acids is 1. The van der Waals surface area contributed by atoms with Crippen molar-refractivity contribution in [1.29, 1.82) is 0 Å². The van der Waals surface area contributed by atoms with Gasteiger partial charge >= 0.3 is 0 Å². The van der Waals surface area contributed by atoms with Crippen LogP contribution in [0.2, 0.25) is 0 Å². The maximum absolute atomic E-state index is 13.6. The molecule has 1 atom stereocenters. The summed E-state index contributed by atoms with van der Waals surface area (Å²) < 4.78 is 20.7. The molecule has 0 saturated carbocycles. The third-order valence-corrected chi connectivity index (χ3v) is 3.38. The molecular weight excluding hydrogens is 311 g/mol. The molecule has 3 aromatic rings. The minimum absolute atomic E-state index is 0.246. The predicted molar refractivity (Wildman–Crippen MR) is 86.3 cm³/mol. The maximum atomic E-state index is 13.6. The van der Waals surface area contributed by atoms with Gasteiger partial charge in [0.15, 0.2) is 5.75 Å². The summed E-state index contributed by atoms with van der Waals surface area (Å²) in [5.74, 6) is 0.105. The van der Waals surface area contributed by atoms with E-state index in [1.165, 1.54) is 35.5 Å². The minimum Gasteiger partial charge on any atom is -0.455 e. The number of hydrogen-bond donors (Lipinski definition) is 1. The van der Waals surface area contributed by atoms with Crippen LogP contribution in [-0.2, 0) is 4.79 Å². The zero-order valence-corrected chi connectivity index (χ0v) is 12.9. The molecular formula is C17H15FN4O2. The van der Waals surface area contributed by atoms with Crippen molar-refractivity contribution in [2.24, 2.45) is 0 Å². The molecule has 0 aliphatic carbocycles. The summed E-state index contributed by atoms with van der Waals surface area (Å²) in [5, 5.41) is 6.59. The summed E-state index contributed by atoms with van der Waals surface area (Å²) in [4.78, 5) is 16.2. The van der Waals surface area contributed by atoms with Crippen LogP contribution in [0.15, 0.2) is 61.2 Å². The van der Waals surface area contributed by atoms with Crippen molar-refractivity contribution in [3.63, 3.8) is 0 Å². The number of nitrogens with one attached hydrogen (secondary N) is 1. The van der Waals surface area contributed by atoms with Crippen molar-refractivity contribution in [2.45, 2.75) is 13.0 Å². The average Bonchev–Trinajstić information content (AvgIpc) is 3.12. The van der Waals surface area contributed by atoms with Gasteiger partial charge in [0.05, 0.1) is 5.69 Å². The molecule has 1 amide bonds. The largest absolute Gasteiger partial charge is 0.455 e. The smallest absolute Gasteiger partial charge is 0.249 e. The van der Waals surface area contributed by atoms with E-state index in [1.54, 1.807) is 19.1 Å². The molecule has 0 radical (unpaired) electrons. The number of anilines is 1. The van der Waals surface area contributed by atoms with E-state index in [0.717, 1.165) is 0 Å². The number of ether oxygens (including phenoxy) is 1. The Labute approximate surface area is 137 Å². The quantitative estimate of drug-likeness (QED) is 0.780. The van der Waals surface area contributed by atoms with Crippen molar-refractivity contribution in [3.05, 3.63) is 67.0 Å². The van der Waals surface area contributed by atoms with E-state index in [4.69, 9.17) is 4.74 Å². The van der Waals surface area contributed by atoms with Crippen LogP contribution in [0.1, 0.15) is 13.0 Å². The van der Waals surface area contributed by atoms with E-state index in [-0.39, 0.29) is 11.6 Å². The fraction of sp³-hybridized carbons (Fsp3) is 0.118. The lowest BCUT2D eigenvalue weighted by Crippen LogP contribution is -2.24. The SMILES string of the molecule is C[C@@H](C(=O)Nc1cc(F)ccc1Oc1ccccc1)n1cncn1. The highest BCUT2D eigenvalue weighted by atomic mass is 19.1. The molecule has 1 N–H and O–H groups in total. The molecule has 3 rings (SSSR count). The fourth-order valence-corrected chi connectivity index (χ4v) is 2.08. The molecule has 6 nitrogen and oxygen atoms in total. The second-order valence-corrected chi connectivity index (χ2v) is 5.10. The number of amides is 1. The summed E-state index contributed by atoms with van der Waals surface area (Å²) in [5.41, 5.74) is 0.246. The van der Waals surface area contributed by atoms with Crippen LogP contribution in [0, 0.1) is 5.82 Å². The van der Waals surface area contributed by atoms with Gasteiger partial charge in [-0.1, -0.05) is 18.2 Å². The van der Waals surface area contributed by atoms with E-state index in [9.17, 15) is 9.18 Å². The molecule has 0 unspecified atom stereocenters. The summed E-state index contributed by atoms with van der Waals surface area (Å²) in [6.45, 7) is 1.67. The third-order valence-electron chi connectivity index (χ3n) is 3.38. The molecule has 0 aliphatic rings. The Morgan fingerprint density at radius 3 is 2.75 bits per heavy atom. The lowest BCUT2D eigenvalue weighted by atomic mass is 10.2. The lowest BCUT2D eigenvalue weighted by molar-refractivity contribution is -0.119. The Morgan fingerprint density at radius 1 is 1.25 bits per heavy atom. The molecule has 2 aromatic carbocycles. The van der Waals surface area contributed by atoms with Gasteiger partial charge in [-0.15, -0.1) is 0 Å². The standard InChI is InChI=1S/C17H15FN4O2/c1-12(22-11-19-10-20-22)17(23)21-15-9-13(18)7-8-16(15)24-14-5-3-2-4-6-14/h2-12H,1H3,(H,21,23)/t12-/m0/s1. The van der Waals surface area contributed by atoms with E-state index in [2.05, 4.69) is 15.4 Å². The maximum Gasteiger partial charge on any atom is 0.249 e. The number of benzene rings is 2. The van der Waals surface area contributed by atoms with E-state index < -0.39 is 11.9 Å². The highest BCUT2D eigenvalue weighted by molar-refractivity contribution is 5.94. The Hall–Kier alpha value is -3.22. The number of para-hydroxylation sites is 1. The van der Waals surface area contributed by atoms with Crippen molar-refractivity contribution < 1.29 is 13.9 Å². The summed E-state index contributed by atoms with van der Waals surface area (Å²) in [6, 6.07) is 12.4. The molecule has 1 heterocycles. The minimum atomic E-state index is -0.597. The molecule has 0 fully saturated rings. The lowest BCUT2D eigenvalue weighted by Gasteiger charge is -2.15. The normalized spacial score (nSPS) is 11.8. The summed E-state index contributed by atoms with van der Waals surface area (Å²) >= 11 is 0. The van der Waals surface area contributed by atoms with Crippen molar-refractivity contribution >= 4 is 11.6 Å². The van der Waals surface area contributed by atoms with E-state index >= 15 is 0 Å². The zero-order valence-electron chi connectivity index (χ0n) is 12.9. The molecule has 24 heavy (non-hydrogen) atoms. The summed E-state index contributed by atoms with van der Waals surface area (Å²) in [6.07, 6.45) is 2.78. The monoisotopic (exact) mass is 326 g/mol. The predicted octanol–water partition coefficient (Wildman–Crippen LogP) is 3.41. The number of carbonyl (C=O) groups is 1. The third kappa shape index (κ3) is 3.57. The molecule has 1 aromatic heterocycles. The topological polar surface area (TPSA) is 69.0 Å². The number of hydrogen-bond acceptors (Lipinski definition) is 4. The summed E-state index contributed by atoms with van der Waals surface area (Å²) in [7, 11) is 0. The van der Waals surface area contributed by atoms with Crippen LogP contribution in [0.25, 0.3) is 0 Å². The first-order valence-corrected chi connectivity index (χ1v) is 7.31. The number of rotatable bonds is 5. The molecule has 7 heteroatoms. The van der Waals surface area contributed by atoms with Gasteiger partial charge in [-0.2, -0.15) is 5.10 Å². The molecule has 0 bridgehead atoms. The molecule has 0 saturated heterocycles. The van der Waals surface area contributed by atoms with E-state index in [1.807, 2.05) is 18.2 Å². The Morgan fingerprint density at radius 2 is 2.04 bits per heavy atom. The average molecular weight is 326 g/mol. The number of halogens is 1. The molecule has 0 spiro atoms. The van der Waals surface area contributed by atoms with Gasteiger partial charge in [0.2, 0.25) is 5.91 Å². The highest BCUT2D eigenvalue weighted by Crippen LogP contribution is 2.30.